The van der Waals surface area contributed by atoms with E-state index < -0.39 is 10.0 Å². The molecule has 0 N–H and O–H groups in total. The molecule has 0 radical (unpaired) electrons. The van der Waals surface area contributed by atoms with Gasteiger partial charge in [-0.2, -0.15) is 0 Å². The summed E-state index contributed by atoms with van der Waals surface area (Å²) in [7, 11) is -1.55. The standard InChI is InChI=1S/C20H27N3O4S/c1-15(24)22-12-17-18(13-22)20(21(2)19(17)25)8-10-23(11-9-20)28(26,27)14-16-6-4-3-5-7-16/h3-7,17-18H,8-14H2,1-2H3/t17-,18+/m1/s1. The molecule has 3 aliphatic rings. The average Bonchev–Trinajstić information content (AvgIpc) is 3.19. The fourth-order valence-electron chi connectivity index (χ4n) is 5.31. The fraction of sp³-hybridized carbons (Fsp3) is 0.600. The van der Waals surface area contributed by atoms with Crippen molar-refractivity contribution in [2.45, 2.75) is 31.1 Å². The first-order valence-electron chi connectivity index (χ1n) is 9.79. The summed E-state index contributed by atoms with van der Waals surface area (Å²) in [6, 6.07) is 9.21. The van der Waals surface area contributed by atoms with Crippen molar-refractivity contribution in [2.24, 2.45) is 11.8 Å². The molecule has 0 aliphatic carbocycles. The molecule has 1 spiro atoms. The van der Waals surface area contributed by atoms with E-state index in [0.717, 1.165) is 5.56 Å². The highest BCUT2D eigenvalue weighted by Gasteiger charge is 2.61. The minimum absolute atomic E-state index is 0.000221. The lowest BCUT2D eigenvalue weighted by molar-refractivity contribution is -0.135. The second-order valence-electron chi connectivity index (χ2n) is 8.28. The quantitative estimate of drug-likeness (QED) is 0.749. The summed E-state index contributed by atoms with van der Waals surface area (Å²) in [4.78, 5) is 28.2. The number of hydrogen-bond donors (Lipinski definition) is 0. The summed E-state index contributed by atoms with van der Waals surface area (Å²) in [6.07, 6.45) is 1.24. The Morgan fingerprint density at radius 2 is 1.79 bits per heavy atom. The molecule has 1 aromatic rings. The van der Waals surface area contributed by atoms with Gasteiger partial charge in [0.05, 0.1) is 17.2 Å². The van der Waals surface area contributed by atoms with Crippen molar-refractivity contribution in [1.82, 2.24) is 14.1 Å². The van der Waals surface area contributed by atoms with Crippen LogP contribution in [0.3, 0.4) is 0 Å². The van der Waals surface area contributed by atoms with Gasteiger partial charge in [0.2, 0.25) is 21.8 Å². The number of piperidine rings is 1. The molecule has 2 amide bonds. The first kappa shape index (κ1) is 19.4. The largest absolute Gasteiger partial charge is 0.342 e. The topological polar surface area (TPSA) is 78.0 Å². The van der Waals surface area contributed by atoms with E-state index in [1.807, 2.05) is 42.3 Å². The number of sulfonamides is 1. The van der Waals surface area contributed by atoms with Crippen LogP contribution in [0.2, 0.25) is 0 Å². The summed E-state index contributed by atoms with van der Waals surface area (Å²) in [5.41, 5.74) is 0.439. The van der Waals surface area contributed by atoms with Crippen LogP contribution in [0.1, 0.15) is 25.3 Å². The maximum Gasteiger partial charge on any atom is 0.228 e. The molecule has 0 unspecified atom stereocenters. The van der Waals surface area contributed by atoms with Gasteiger partial charge < -0.3 is 9.80 Å². The first-order valence-corrected chi connectivity index (χ1v) is 11.4. The Balaban J connectivity index is 1.50. The van der Waals surface area contributed by atoms with Gasteiger partial charge in [0, 0.05) is 46.1 Å². The van der Waals surface area contributed by atoms with Gasteiger partial charge in [-0.3, -0.25) is 9.59 Å². The van der Waals surface area contributed by atoms with E-state index in [9.17, 15) is 18.0 Å². The minimum atomic E-state index is -3.39. The molecule has 152 valence electrons. The molecule has 0 saturated carbocycles. The van der Waals surface area contributed by atoms with Crippen LogP contribution in [0, 0.1) is 11.8 Å². The smallest absolute Gasteiger partial charge is 0.228 e. The van der Waals surface area contributed by atoms with Gasteiger partial charge >= 0.3 is 0 Å². The number of benzene rings is 1. The van der Waals surface area contributed by atoms with Crippen LogP contribution in [-0.2, 0) is 25.4 Å². The average molecular weight is 406 g/mol. The third-order valence-electron chi connectivity index (χ3n) is 6.94. The number of carbonyl (C=O) groups excluding carboxylic acids is 2. The van der Waals surface area contributed by atoms with E-state index in [0.29, 0.717) is 39.0 Å². The van der Waals surface area contributed by atoms with Crippen molar-refractivity contribution in [3.8, 4) is 0 Å². The summed E-state index contributed by atoms with van der Waals surface area (Å²) >= 11 is 0. The van der Waals surface area contributed by atoms with Crippen molar-refractivity contribution in [3.63, 3.8) is 0 Å². The third-order valence-corrected chi connectivity index (χ3v) is 8.79. The number of fused-ring (bicyclic) bond motifs is 2. The lowest BCUT2D eigenvalue weighted by Gasteiger charge is -2.46. The second kappa shape index (κ2) is 6.84. The van der Waals surface area contributed by atoms with Crippen LogP contribution in [0.25, 0.3) is 0 Å². The third kappa shape index (κ3) is 3.03. The SMILES string of the molecule is CC(=O)N1C[C@H]2C(=O)N(C)C3(CCN(S(=O)(=O)Cc4ccccc4)CC3)[C@H]2C1. The molecule has 2 atom stereocenters. The molecule has 1 aromatic carbocycles. The Hall–Kier alpha value is -1.93. The Morgan fingerprint density at radius 1 is 1.14 bits per heavy atom. The molecule has 3 saturated heterocycles. The van der Waals surface area contributed by atoms with Crippen LogP contribution in [-0.4, -0.2) is 73.1 Å². The first-order chi connectivity index (χ1) is 13.2. The van der Waals surface area contributed by atoms with Crippen molar-refractivity contribution in [2.75, 3.05) is 33.2 Å². The number of rotatable bonds is 3. The number of likely N-dealkylation sites (tertiary alicyclic amines) is 2. The molecular formula is C20H27N3O4S. The van der Waals surface area contributed by atoms with Crippen molar-refractivity contribution >= 4 is 21.8 Å². The molecular weight excluding hydrogens is 378 g/mol. The summed E-state index contributed by atoms with van der Waals surface area (Å²) in [6.45, 7) is 3.45. The highest BCUT2D eigenvalue weighted by molar-refractivity contribution is 7.88. The predicted molar refractivity (Wildman–Crippen MR) is 105 cm³/mol. The van der Waals surface area contributed by atoms with E-state index >= 15 is 0 Å². The normalized spacial score (nSPS) is 27.4. The zero-order valence-corrected chi connectivity index (χ0v) is 17.2. The van der Waals surface area contributed by atoms with Gasteiger partial charge in [-0.15, -0.1) is 0 Å². The molecule has 28 heavy (non-hydrogen) atoms. The lowest BCUT2D eigenvalue weighted by Crippen LogP contribution is -2.56. The van der Waals surface area contributed by atoms with Gasteiger partial charge in [0.15, 0.2) is 0 Å². The van der Waals surface area contributed by atoms with Crippen molar-refractivity contribution in [1.29, 1.82) is 0 Å². The molecule has 8 heteroatoms. The van der Waals surface area contributed by atoms with E-state index in [1.54, 1.807) is 16.1 Å². The highest BCUT2D eigenvalue weighted by atomic mass is 32.2. The van der Waals surface area contributed by atoms with Crippen LogP contribution in [0.4, 0.5) is 0 Å². The van der Waals surface area contributed by atoms with Gasteiger partial charge in [-0.25, -0.2) is 12.7 Å². The highest BCUT2D eigenvalue weighted by Crippen LogP contribution is 2.49. The van der Waals surface area contributed by atoms with E-state index in [-0.39, 0.29) is 34.9 Å². The monoisotopic (exact) mass is 405 g/mol. The summed E-state index contributed by atoms with van der Waals surface area (Å²) in [5, 5.41) is 0. The van der Waals surface area contributed by atoms with Gasteiger partial charge in [-0.05, 0) is 18.4 Å². The maximum atomic E-state index is 12.9. The fourth-order valence-corrected chi connectivity index (χ4v) is 6.84. The molecule has 3 fully saturated rings. The Labute approximate surface area is 166 Å². The zero-order valence-electron chi connectivity index (χ0n) is 16.4. The van der Waals surface area contributed by atoms with Crippen molar-refractivity contribution < 1.29 is 18.0 Å². The van der Waals surface area contributed by atoms with Crippen LogP contribution in [0.5, 0.6) is 0 Å². The molecule has 3 heterocycles. The van der Waals surface area contributed by atoms with Crippen LogP contribution in [0.15, 0.2) is 30.3 Å². The van der Waals surface area contributed by atoms with Crippen molar-refractivity contribution in [3.05, 3.63) is 35.9 Å². The van der Waals surface area contributed by atoms with E-state index in [4.69, 9.17) is 0 Å². The number of hydrogen-bond acceptors (Lipinski definition) is 4. The van der Waals surface area contributed by atoms with Crippen LogP contribution >= 0.6 is 0 Å². The number of amides is 2. The summed E-state index contributed by atoms with van der Waals surface area (Å²) < 4.78 is 27.3. The lowest BCUT2D eigenvalue weighted by atomic mass is 9.75. The van der Waals surface area contributed by atoms with Gasteiger partial charge in [-0.1, -0.05) is 30.3 Å². The Kier molecular flexibility index (Phi) is 4.74. The van der Waals surface area contributed by atoms with Gasteiger partial charge in [0.25, 0.3) is 0 Å². The maximum absolute atomic E-state index is 12.9. The van der Waals surface area contributed by atoms with E-state index in [2.05, 4.69) is 0 Å². The minimum Gasteiger partial charge on any atom is -0.342 e. The second-order valence-corrected chi connectivity index (χ2v) is 10.2. The van der Waals surface area contributed by atoms with E-state index in [1.165, 1.54) is 0 Å². The Bertz CT molecular complexity index is 878. The molecule has 4 rings (SSSR count). The van der Waals surface area contributed by atoms with Crippen LogP contribution < -0.4 is 0 Å². The number of nitrogens with zero attached hydrogens (tertiary/aromatic N) is 3. The zero-order chi connectivity index (χ0) is 20.1. The molecule has 0 aromatic heterocycles. The Morgan fingerprint density at radius 3 is 2.39 bits per heavy atom. The molecule has 0 bridgehead atoms. The predicted octanol–water partition coefficient (Wildman–Crippen LogP) is 0.918. The molecule has 7 nitrogen and oxygen atoms in total. The van der Waals surface area contributed by atoms with Gasteiger partial charge in [0.1, 0.15) is 0 Å². The molecule has 3 aliphatic heterocycles. The number of carbonyl (C=O) groups is 2. The summed E-state index contributed by atoms with van der Waals surface area (Å²) in [5.74, 6) is 0.0336.